The SMILES string of the molecule is C=CCC1(C(=O)O)CN(C(=O)C(C)(COC)NC(=O)OCC2c3ccccc3-c3ccccc32)C1. The Hall–Kier alpha value is -3.65. The van der Waals surface area contributed by atoms with Gasteiger partial charge in [0.25, 0.3) is 5.91 Å². The maximum absolute atomic E-state index is 13.2. The van der Waals surface area contributed by atoms with Crippen LogP contribution in [0.25, 0.3) is 11.1 Å². The first kappa shape index (κ1) is 24.5. The van der Waals surface area contributed by atoms with Gasteiger partial charge in [-0.05, 0) is 35.6 Å². The molecule has 4 rings (SSSR count). The molecule has 1 aliphatic carbocycles. The number of alkyl carbamates (subject to hydrolysis) is 1. The van der Waals surface area contributed by atoms with Crippen LogP contribution in [0.15, 0.2) is 61.2 Å². The van der Waals surface area contributed by atoms with Crippen LogP contribution in [0.1, 0.15) is 30.4 Å². The van der Waals surface area contributed by atoms with E-state index in [1.807, 2.05) is 36.4 Å². The van der Waals surface area contributed by atoms with Gasteiger partial charge in [0.15, 0.2) is 0 Å². The number of carbonyl (C=O) groups is 3. The standard InChI is InChI=1S/C27H30N2O6/c1-4-13-27(24(31)32)15-29(16-27)23(30)26(2,17-34-3)28-25(33)35-14-22-20-11-7-5-9-18(20)19-10-6-8-12-21(19)22/h4-12,22H,1,13-17H2,2-3H3,(H,28,33)(H,31,32). The van der Waals surface area contributed by atoms with Crippen molar-refractivity contribution in [3.63, 3.8) is 0 Å². The monoisotopic (exact) mass is 478 g/mol. The molecule has 8 heteroatoms. The molecule has 2 aromatic rings. The van der Waals surface area contributed by atoms with Crippen molar-refractivity contribution < 1.29 is 29.0 Å². The first-order valence-corrected chi connectivity index (χ1v) is 11.5. The largest absolute Gasteiger partial charge is 0.481 e. The normalized spacial score (nSPS) is 17.4. The molecule has 1 saturated heterocycles. The minimum Gasteiger partial charge on any atom is -0.481 e. The number of amides is 2. The summed E-state index contributed by atoms with van der Waals surface area (Å²) in [6, 6.07) is 16.1. The van der Waals surface area contributed by atoms with Crippen molar-refractivity contribution in [1.82, 2.24) is 10.2 Å². The van der Waals surface area contributed by atoms with Crippen LogP contribution in [0.3, 0.4) is 0 Å². The summed E-state index contributed by atoms with van der Waals surface area (Å²) in [5, 5.41) is 12.2. The minimum absolute atomic E-state index is 0.0405. The van der Waals surface area contributed by atoms with Gasteiger partial charge in [0.2, 0.25) is 0 Å². The number of benzene rings is 2. The molecule has 0 saturated carbocycles. The van der Waals surface area contributed by atoms with Gasteiger partial charge in [-0.15, -0.1) is 6.58 Å². The number of carbonyl (C=O) groups excluding carboxylic acids is 2. The minimum atomic E-state index is -1.41. The highest BCUT2D eigenvalue weighted by molar-refractivity contribution is 5.92. The summed E-state index contributed by atoms with van der Waals surface area (Å²) in [5.41, 5.74) is 1.97. The molecular formula is C27H30N2O6. The fourth-order valence-corrected chi connectivity index (χ4v) is 5.10. The van der Waals surface area contributed by atoms with Gasteiger partial charge in [0.05, 0.1) is 6.61 Å². The van der Waals surface area contributed by atoms with E-state index in [0.29, 0.717) is 0 Å². The van der Waals surface area contributed by atoms with Gasteiger partial charge in [0.1, 0.15) is 17.6 Å². The number of allylic oxidation sites excluding steroid dienone is 1. The fourth-order valence-electron chi connectivity index (χ4n) is 5.10. The summed E-state index contributed by atoms with van der Waals surface area (Å²) in [5.74, 6) is -1.50. The van der Waals surface area contributed by atoms with Gasteiger partial charge in [0, 0.05) is 26.1 Å². The second-order valence-electron chi connectivity index (χ2n) is 9.46. The zero-order valence-electron chi connectivity index (χ0n) is 20.0. The number of likely N-dealkylation sites (tertiary alicyclic amines) is 1. The second kappa shape index (κ2) is 9.54. The Balaban J connectivity index is 1.43. The smallest absolute Gasteiger partial charge is 0.408 e. The highest BCUT2D eigenvalue weighted by Crippen LogP contribution is 2.44. The fraction of sp³-hybridized carbons (Fsp3) is 0.370. The molecule has 0 aromatic heterocycles. The van der Waals surface area contributed by atoms with Crippen LogP contribution in [0.5, 0.6) is 0 Å². The van der Waals surface area contributed by atoms with Crippen LogP contribution in [0.2, 0.25) is 0 Å². The van der Waals surface area contributed by atoms with Crippen LogP contribution in [-0.4, -0.2) is 66.9 Å². The summed E-state index contributed by atoms with van der Waals surface area (Å²) in [4.78, 5) is 39.2. The second-order valence-corrected chi connectivity index (χ2v) is 9.46. The maximum Gasteiger partial charge on any atom is 0.408 e. The van der Waals surface area contributed by atoms with Crippen molar-refractivity contribution in [2.45, 2.75) is 24.8 Å². The van der Waals surface area contributed by atoms with Crippen LogP contribution in [-0.2, 0) is 19.1 Å². The summed E-state index contributed by atoms with van der Waals surface area (Å²) in [6.07, 6.45) is 1.06. The van der Waals surface area contributed by atoms with Crippen molar-refractivity contribution in [1.29, 1.82) is 0 Å². The van der Waals surface area contributed by atoms with E-state index in [1.165, 1.54) is 12.0 Å². The van der Waals surface area contributed by atoms with E-state index in [1.54, 1.807) is 13.0 Å². The average Bonchev–Trinajstić information content (AvgIpc) is 3.13. The van der Waals surface area contributed by atoms with E-state index in [0.717, 1.165) is 22.3 Å². The quantitative estimate of drug-likeness (QED) is 0.535. The molecule has 184 valence electrons. The zero-order chi connectivity index (χ0) is 25.2. The molecule has 1 atom stereocenters. The highest BCUT2D eigenvalue weighted by atomic mass is 16.5. The summed E-state index contributed by atoms with van der Waals surface area (Å²) >= 11 is 0. The Labute approximate surface area is 204 Å². The number of nitrogens with zero attached hydrogens (tertiary/aromatic N) is 1. The topological polar surface area (TPSA) is 105 Å². The van der Waals surface area contributed by atoms with E-state index >= 15 is 0 Å². The van der Waals surface area contributed by atoms with Crippen LogP contribution in [0, 0.1) is 5.41 Å². The van der Waals surface area contributed by atoms with Crippen molar-refractivity contribution in [2.75, 3.05) is 33.4 Å². The molecule has 2 aliphatic rings. The number of methoxy groups -OCH3 is 1. The number of ether oxygens (including phenoxy) is 2. The van der Waals surface area contributed by atoms with Crippen LogP contribution in [0.4, 0.5) is 4.79 Å². The van der Waals surface area contributed by atoms with Gasteiger partial charge < -0.3 is 24.8 Å². The number of fused-ring (bicyclic) bond motifs is 3. The van der Waals surface area contributed by atoms with E-state index in [2.05, 4.69) is 24.0 Å². The summed E-state index contributed by atoms with van der Waals surface area (Å²) < 4.78 is 10.8. The van der Waals surface area contributed by atoms with Gasteiger partial charge in [-0.25, -0.2) is 4.79 Å². The number of hydrogen-bond acceptors (Lipinski definition) is 5. The highest BCUT2D eigenvalue weighted by Gasteiger charge is 2.53. The third-order valence-corrected chi connectivity index (χ3v) is 6.89. The Bertz CT molecular complexity index is 1110. The molecule has 2 N–H and O–H groups in total. The van der Waals surface area contributed by atoms with E-state index in [4.69, 9.17) is 9.47 Å². The summed E-state index contributed by atoms with van der Waals surface area (Å²) in [7, 11) is 1.43. The molecule has 2 aromatic carbocycles. The lowest BCUT2D eigenvalue weighted by Gasteiger charge is -2.49. The van der Waals surface area contributed by atoms with E-state index < -0.39 is 28.9 Å². The van der Waals surface area contributed by atoms with Gasteiger partial charge in [-0.3, -0.25) is 9.59 Å². The van der Waals surface area contributed by atoms with Crippen LogP contribution < -0.4 is 5.32 Å². The van der Waals surface area contributed by atoms with Crippen molar-refractivity contribution in [3.05, 3.63) is 72.3 Å². The Morgan fingerprint density at radius 2 is 1.71 bits per heavy atom. The molecule has 1 unspecified atom stereocenters. The molecule has 8 nitrogen and oxygen atoms in total. The van der Waals surface area contributed by atoms with Gasteiger partial charge in [-0.1, -0.05) is 54.6 Å². The average molecular weight is 479 g/mol. The number of aliphatic carboxylic acids is 1. The Morgan fingerprint density at radius 1 is 1.14 bits per heavy atom. The summed E-state index contributed by atoms with van der Waals surface area (Å²) in [6.45, 7) is 5.27. The third-order valence-electron chi connectivity index (χ3n) is 6.89. The molecule has 0 radical (unpaired) electrons. The zero-order valence-corrected chi connectivity index (χ0v) is 20.0. The lowest BCUT2D eigenvalue weighted by molar-refractivity contribution is -0.169. The number of carboxylic acid groups (broad SMARTS) is 1. The molecular weight excluding hydrogens is 448 g/mol. The van der Waals surface area contributed by atoms with E-state index in [-0.39, 0.29) is 38.6 Å². The predicted octanol–water partition coefficient (Wildman–Crippen LogP) is 3.42. The lowest BCUT2D eigenvalue weighted by atomic mass is 9.76. The predicted molar refractivity (Wildman–Crippen MR) is 130 cm³/mol. The number of rotatable bonds is 9. The lowest BCUT2D eigenvalue weighted by Crippen LogP contribution is -2.69. The van der Waals surface area contributed by atoms with E-state index in [9.17, 15) is 19.5 Å². The molecule has 0 spiro atoms. The Morgan fingerprint density at radius 3 is 2.23 bits per heavy atom. The first-order valence-electron chi connectivity index (χ1n) is 11.5. The Kier molecular flexibility index (Phi) is 6.67. The molecule has 0 bridgehead atoms. The number of nitrogens with one attached hydrogen (secondary N) is 1. The number of carboxylic acids is 1. The van der Waals surface area contributed by atoms with Gasteiger partial charge >= 0.3 is 12.1 Å². The third kappa shape index (κ3) is 4.41. The maximum atomic E-state index is 13.2. The van der Waals surface area contributed by atoms with Gasteiger partial charge in [-0.2, -0.15) is 0 Å². The van der Waals surface area contributed by atoms with Crippen molar-refractivity contribution in [3.8, 4) is 11.1 Å². The van der Waals surface area contributed by atoms with Crippen LogP contribution >= 0.6 is 0 Å². The first-order chi connectivity index (χ1) is 16.7. The molecule has 1 heterocycles. The molecule has 35 heavy (non-hydrogen) atoms. The molecule has 1 aliphatic heterocycles. The number of hydrogen-bond donors (Lipinski definition) is 2. The van der Waals surface area contributed by atoms with Crippen molar-refractivity contribution in [2.24, 2.45) is 5.41 Å². The molecule has 2 amide bonds. The molecule has 1 fully saturated rings. The van der Waals surface area contributed by atoms with Crippen molar-refractivity contribution >= 4 is 18.0 Å².